The number of nitrogens with zero attached hydrogens (tertiary/aromatic N) is 1. The molecule has 1 aliphatic carbocycles. The van der Waals surface area contributed by atoms with Crippen LogP contribution < -0.4 is 5.32 Å². The lowest BCUT2D eigenvalue weighted by Crippen LogP contribution is -2.59. The Morgan fingerprint density at radius 1 is 1.21 bits per heavy atom. The minimum absolute atomic E-state index is 0.295. The van der Waals surface area contributed by atoms with E-state index < -0.39 is 9.84 Å². The van der Waals surface area contributed by atoms with Gasteiger partial charge in [0.1, 0.15) is 9.84 Å². The molecule has 112 valence electrons. The number of rotatable bonds is 4. The molecule has 2 unspecified atom stereocenters. The maximum atomic E-state index is 11.4. The molecule has 0 spiro atoms. The van der Waals surface area contributed by atoms with Crippen LogP contribution in [-0.2, 0) is 9.84 Å². The molecule has 2 fully saturated rings. The molecule has 1 saturated carbocycles. The lowest BCUT2D eigenvalue weighted by atomic mass is 9.82. The van der Waals surface area contributed by atoms with Gasteiger partial charge in [-0.1, -0.05) is 19.3 Å². The average molecular weight is 288 g/mol. The van der Waals surface area contributed by atoms with E-state index in [-0.39, 0.29) is 0 Å². The molecule has 5 heteroatoms. The Labute approximate surface area is 117 Å². The third-order valence-electron chi connectivity index (χ3n) is 4.60. The number of piperazine rings is 1. The summed E-state index contributed by atoms with van der Waals surface area (Å²) >= 11 is 0. The van der Waals surface area contributed by atoms with Crippen molar-refractivity contribution < 1.29 is 8.42 Å². The van der Waals surface area contributed by atoms with Crippen LogP contribution in [0.25, 0.3) is 0 Å². The second-order valence-corrected chi connectivity index (χ2v) is 8.66. The molecular weight excluding hydrogens is 260 g/mol. The van der Waals surface area contributed by atoms with Crippen LogP contribution in [0.3, 0.4) is 0 Å². The van der Waals surface area contributed by atoms with Crippen LogP contribution in [-0.4, -0.2) is 57.0 Å². The lowest BCUT2D eigenvalue weighted by Gasteiger charge is -2.44. The molecule has 0 aromatic carbocycles. The number of nitrogens with one attached hydrogen (secondary N) is 1. The second-order valence-electron chi connectivity index (χ2n) is 6.40. The molecule has 1 heterocycles. The first-order chi connectivity index (χ1) is 8.96. The molecule has 2 aliphatic rings. The van der Waals surface area contributed by atoms with Crippen LogP contribution in [0.5, 0.6) is 0 Å². The Morgan fingerprint density at radius 2 is 1.89 bits per heavy atom. The zero-order valence-corrected chi connectivity index (χ0v) is 13.1. The summed E-state index contributed by atoms with van der Waals surface area (Å²) in [5, 5.41) is 3.57. The maximum Gasteiger partial charge on any atom is 0.148 e. The fourth-order valence-electron chi connectivity index (χ4n) is 3.53. The van der Waals surface area contributed by atoms with E-state index in [1.54, 1.807) is 0 Å². The van der Waals surface area contributed by atoms with Gasteiger partial charge in [-0.25, -0.2) is 8.42 Å². The Morgan fingerprint density at radius 3 is 2.53 bits per heavy atom. The fourth-order valence-corrected chi connectivity index (χ4v) is 4.09. The summed E-state index contributed by atoms with van der Waals surface area (Å²) in [6.45, 7) is 4.89. The van der Waals surface area contributed by atoms with Gasteiger partial charge in [0.05, 0.1) is 5.75 Å². The van der Waals surface area contributed by atoms with Gasteiger partial charge in [0.2, 0.25) is 0 Å². The molecule has 2 rings (SSSR count). The van der Waals surface area contributed by atoms with Gasteiger partial charge in [-0.15, -0.1) is 0 Å². The summed E-state index contributed by atoms with van der Waals surface area (Å²) in [5.74, 6) is 1.05. The predicted octanol–water partition coefficient (Wildman–Crippen LogP) is 1.27. The quantitative estimate of drug-likeness (QED) is 0.846. The van der Waals surface area contributed by atoms with Gasteiger partial charge in [0, 0.05) is 38.0 Å². The zero-order valence-electron chi connectivity index (χ0n) is 12.3. The number of hydrogen-bond donors (Lipinski definition) is 1. The topological polar surface area (TPSA) is 49.4 Å². The Bertz CT molecular complexity index is 377. The predicted molar refractivity (Wildman–Crippen MR) is 79.1 cm³/mol. The lowest BCUT2D eigenvalue weighted by molar-refractivity contribution is 0.0810. The normalized spacial score (nSPS) is 31.5. The fraction of sp³-hybridized carbons (Fsp3) is 1.00. The number of hydrogen-bond acceptors (Lipinski definition) is 4. The van der Waals surface area contributed by atoms with Crippen molar-refractivity contribution in [1.29, 1.82) is 0 Å². The Kier molecular flexibility index (Phi) is 5.26. The highest BCUT2D eigenvalue weighted by molar-refractivity contribution is 7.90. The molecule has 0 amide bonds. The number of sulfone groups is 1. The zero-order chi connectivity index (χ0) is 13.9. The van der Waals surface area contributed by atoms with Crippen molar-refractivity contribution >= 4 is 9.84 Å². The SMILES string of the molecule is CC1CN(CCS(C)(=O)=O)C(C2CCCCC2)CN1. The van der Waals surface area contributed by atoms with Crippen molar-refractivity contribution in [3.05, 3.63) is 0 Å². The third kappa shape index (κ3) is 4.72. The summed E-state index contributed by atoms with van der Waals surface area (Å²) in [6, 6.07) is 1.01. The monoisotopic (exact) mass is 288 g/mol. The second kappa shape index (κ2) is 6.55. The van der Waals surface area contributed by atoms with Gasteiger partial charge in [0.25, 0.3) is 0 Å². The first-order valence-electron chi connectivity index (χ1n) is 7.61. The minimum Gasteiger partial charge on any atom is -0.311 e. The Hall–Kier alpha value is -0.130. The van der Waals surface area contributed by atoms with Crippen molar-refractivity contribution in [2.45, 2.75) is 51.1 Å². The van der Waals surface area contributed by atoms with Crippen molar-refractivity contribution in [3.8, 4) is 0 Å². The molecule has 19 heavy (non-hydrogen) atoms. The van der Waals surface area contributed by atoms with E-state index in [1.165, 1.54) is 38.4 Å². The maximum absolute atomic E-state index is 11.4. The first-order valence-corrected chi connectivity index (χ1v) is 9.67. The highest BCUT2D eigenvalue weighted by Crippen LogP contribution is 2.30. The van der Waals surface area contributed by atoms with Crippen LogP contribution >= 0.6 is 0 Å². The molecule has 1 aliphatic heterocycles. The molecule has 2 atom stereocenters. The molecule has 0 radical (unpaired) electrons. The average Bonchev–Trinajstić information content (AvgIpc) is 2.37. The molecule has 0 bridgehead atoms. The summed E-state index contributed by atoms with van der Waals surface area (Å²) in [5.41, 5.74) is 0. The van der Waals surface area contributed by atoms with Gasteiger partial charge >= 0.3 is 0 Å². The van der Waals surface area contributed by atoms with Crippen LogP contribution in [0.15, 0.2) is 0 Å². The summed E-state index contributed by atoms with van der Waals surface area (Å²) in [7, 11) is -2.86. The standard InChI is InChI=1S/C14H28N2O2S/c1-12-11-16(8-9-19(2,17)18)14(10-15-12)13-6-4-3-5-7-13/h12-15H,3-11H2,1-2H3. The minimum atomic E-state index is -2.86. The van der Waals surface area contributed by atoms with E-state index in [2.05, 4.69) is 17.1 Å². The van der Waals surface area contributed by atoms with Gasteiger partial charge in [0.15, 0.2) is 0 Å². The Balaban J connectivity index is 1.97. The van der Waals surface area contributed by atoms with E-state index in [9.17, 15) is 8.42 Å². The van der Waals surface area contributed by atoms with Gasteiger partial charge in [-0.05, 0) is 25.7 Å². The van der Waals surface area contributed by atoms with Gasteiger partial charge < -0.3 is 5.32 Å². The smallest absolute Gasteiger partial charge is 0.148 e. The largest absolute Gasteiger partial charge is 0.311 e. The molecule has 4 nitrogen and oxygen atoms in total. The van der Waals surface area contributed by atoms with Crippen LogP contribution in [0.1, 0.15) is 39.0 Å². The van der Waals surface area contributed by atoms with Crippen molar-refractivity contribution in [1.82, 2.24) is 10.2 Å². The van der Waals surface area contributed by atoms with Gasteiger partial charge in [-0.3, -0.25) is 4.90 Å². The molecule has 1 saturated heterocycles. The highest BCUT2D eigenvalue weighted by atomic mass is 32.2. The van der Waals surface area contributed by atoms with Gasteiger partial charge in [-0.2, -0.15) is 0 Å². The van der Waals surface area contributed by atoms with Crippen LogP contribution in [0.4, 0.5) is 0 Å². The van der Waals surface area contributed by atoms with E-state index in [0.29, 0.717) is 24.4 Å². The van der Waals surface area contributed by atoms with Crippen LogP contribution in [0, 0.1) is 5.92 Å². The van der Waals surface area contributed by atoms with Crippen molar-refractivity contribution in [3.63, 3.8) is 0 Å². The van der Waals surface area contributed by atoms with Crippen molar-refractivity contribution in [2.24, 2.45) is 5.92 Å². The van der Waals surface area contributed by atoms with E-state index in [0.717, 1.165) is 19.0 Å². The first kappa shape index (κ1) is 15.3. The van der Waals surface area contributed by atoms with Crippen molar-refractivity contribution in [2.75, 3.05) is 31.6 Å². The molecule has 1 N–H and O–H groups in total. The highest BCUT2D eigenvalue weighted by Gasteiger charge is 2.32. The third-order valence-corrected chi connectivity index (χ3v) is 5.52. The molecular formula is C14H28N2O2S. The molecule has 0 aromatic rings. The summed E-state index contributed by atoms with van der Waals surface area (Å²) in [6.07, 6.45) is 8.03. The van der Waals surface area contributed by atoms with E-state index in [4.69, 9.17) is 0 Å². The van der Waals surface area contributed by atoms with E-state index >= 15 is 0 Å². The van der Waals surface area contributed by atoms with Crippen LogP contribution in [0.2, 0.25) is 0 Å². The summed E-state index contributed by atoms with van der Waals surface area (Å²) in [4.78, 5) is 2.43. The van der Waals surface area contributed by atoms with E-state index in [1.807, 2.05) is 0 Å². The molecule has 0 aromatic heterocycles. The summed E-state index contributed by atoms with van der Waals surface area (Å²) < 4.78 is 22.8.